The van der Waals surface area contributed by atoms with Gasteiger partial charge in [0, 0.05) is 11.6 Å². The Kier molecular flexibility index (Phi) is 4.33. The number of para-hydroxylation sites is 1. The van der Waals surface area contributed by atoms with Crippen molar-refractivity contribution in [3.63, 3.8) is 0 Å². The first kappa shape index (κ1) is 12.0. The largest absolute Gasteiger partial charge is 0.489 e. The third-order valence-electron chi connectivity index (χ3n) is 1.80. The van der Waals surface area contributed by atoms with Crippen LogP contribution in [0.25, 0.3) is 6.08 Å². The summed E-state index contributed by atoms with van der Waals surface area (Å²) >= 11 is 0. The Morgan fingerprint density at radius 2 is 2.19 bits per heavy atom. The van der Waals surface area contributed by atoms with Crippen LogP contribution in [-0.4, -0.2) is 17.7 Å². The summed E-state index contributed by atoms with van der Waals surface area (Å²) in [6.45, 7) is 6.04. The van der Waals surface area contributed by atoms with E-state index in [0.29, 0.717) is 12.4 Å². The Hall–Kier alpha value is -2.03. The van der Waals surface area contributed by atoms with E-state index in [1.807, 2.05) is 19.1 Å². The van der Waals surface area contributed by atoms with E-state index in [1.54, 1.807) is 12.1 Å². The topological polar surface area (TPSA) is 46.5 Å². The molecule has 84 valence electrons. The second-order valence-electron chi connectivity index (χ2n) is 3.46. The van der Waals surface area contributed by atoms with E-state index < -0.39 is 5.97 Å². The van der Waals surface area contributed by atoms with E-state index in [-0.39, 0.29) is 0 Å². The Morgan fingerprint density at radius 3 is 2.81 bits per heavy atom. The van der Waals surface area contributed by atoms with Gasteiger partial charge in [-0.25, -0.2) is 4.79 Å². The molecule has 0 saturated carbocycles. The van der Waals surface area contributed by atoms with Crippen molar-refractivity contribution in [1.29, 1.82) is 0 Å². The fourth-order valence-corrected chi connectivity index (χ4v) is 1.11. The van der Waals surface area contributed by atoms with Crippen molar-refractivity contribution >= 4 is 12.0 Å². The van der Waals surface area contributed by atoms with Gasteiger partial charge < -0.3 is 9.84 Å². The van der Waals surface area contributed by atoms with Crippen LogP contribution in [0, 0.1) is 0 Å². The summed E-state index contributed by atoms with van der Waals surface area (Å²) in [6, 6.07) is 7.26. The molecule has 0 spiro atoms. The normalized spacial score (nSPS) is 10.3. The Bertz CT molecular complexity index is 419. The van der Waals surface area contributed by atoms with Gasteiger partial charge in [-0.05, 0) is 24.6 Å². The molecule has 0 aliphatic rings. The molecule has 0 saturated heterocycles. The van der Waals surface area contributed by atoms with Gasteiger partial charge >= 0.3 is 5.97 Å². The number of hydrogen-bond donors (Lipinski definition) is 1. The average molecular weight is 218 g/mol. The van der Waals surface area contributed by atoms with E-state index in [0.717, 1.165) is 17.2 Å². The number of carboxylic acids is 1. The lowest BCUT2D eigenvalue weighted by molar-refractivity contribution is -0.131. The minimum absolute atomic E-state index is 0.428. The van der Waals surface area contributed by atoms with E-state index in [2.05, 4.69) is 6.58 Å². The molecular weight excluding hydrogens is 204 g/mol. The SMILES string of the molecule is C=C(C)COc1ccccc1/C=C/C(=O)O. The fraction of sp³-hybridized carbons (Fsp3) is 0.154. The number of rotatable bonds is 5. The van der Waals surface area contributed by atoms with Crippen LogP contribution in [0.1, 0.15) is 12.5 Å². The predicted molar refractivity (Wildman–Crippen MR) is 63.4 cm³/mol. The van der Waals surface area contributed by atoms with Gasteiger partial charge in [0.1, 0.15) is 12.4 Å². The molecule has 1 N–H and O–H groups in total. The highest BCUT2D eigenvalue weighted by molar-refractivity contribution is 5.85. The van der Waals surface area contributed by atoms with Crippen molar-refractivity contribution in [3.05, 3.63) is 48.1 Å². The highest BCUT2D eigenvalue weighted by Gasteiger charge is 2.00. The number of benzene rings is 1. The molecule has 1 rings (SSSR count). The first-order chi connectivity index (χ1) is 7.59. The van der Waals surface area contributed by atoms with Gasteiger partial charge in [0.05, 0.1) is 0 Å². The summed E-state index contributed by atoms with van der Waals surface area (Å²) in [4.78, 5) is 10.4. The van der Waals surface area contributed by atoms with Crippen LogP contribution in [0.15, 0.2) is 42.5 Å². The second kappa shape index (κ2) is 5.75. The third-order valence-corrected chi connectivity index (χ3v) is 1.80. The molecule has 3 heteroatoms. The van der Waals surface area contributed by atoms with Crippen LogP contribution in [0.2, 0.25) is 0 Å². The van der Waals surface area contributed by atoms with E-state index in [1.165, 1.54) is 6.08 Å². The van der Waals surface area contributed by atoms with Crippen molar-refractivity contribution in [2.75, 3.05) is 6.61 Å². The first-order valence-corrected chi connectivity index (χ1v) is 4.87. The van der Waals surface area contributed by atoms with Crippen LogP contribution in [0.4, 0.5) is 0 Å². The van der Waals surface area contributed by atoms with Gasteiger partial charge in [0.15, 0.2) is 0 Å². The molecule has 0 unspecified atom stereocenters. The fourth-order valence-electron chi connectivity index (χ4n) is 1.11. The summed E-state index contributed by atoms with van der Waals surface area (Å²) in [5.74, 6) is -0.322. The molecule has 1 aromatic carbocycles. The highest BCUT2D eigenvalue weighted by Crippen LogP contribution is 2.19. The van der Waals surface area contributed by atoms with Gasteiger partial charge in [-0.15, -0.1) is 0 Å². The van der Waals surface area contributed by atoms with Gasteiger partial charge in [-0.3, -0.25) is 0 Å². The first-order valence-electron chi connectivity index (χ1n) is 4.87. The van der Waals surface area contributed by atoms with Crippen LogP contribution < -0.4 is 4.74 Å². The van der Waals surface area contributed by atoms with Gasteiger partial charge in [0.25, 0.3) is 0 Å². The maximum absolute atomic E-state index is 10.4. The molecule has 0 aromatic heterocycles. The minimum atomic E-state index is -0.977. The minimum Gasteiger partial charge on any atom is -0.489 e. The second-order valence-corrected chi connectivity index (χ2v) is 3.46. The molecular formula is C13H14O3. The maximum Gasteiger partial charge on any atom is 0.328 e. The van der Waals surface area contributed by atoms with Crippen LogP contribution in [-0.2, 0) is 4.79 Å². The summed E-state index contributed by atoms with van der Waals surface area (Å²) in [5.41, 5.74) is 1.66. The zero-order valence-electron chi connectivity index (χ0n) is 9.14. The molecule has 16 heavy (non-hydrogen) atoms. The monoisotopic (exact) mass is 218 g/mol. The highest BCUT2D eigenvalue weighted by atomic mass is 16.5. The Labute approximate surface area is 94.7 Å². The maximum atomic E-state index is 10.4. The van der Waals surface area contributed by atoms with Crippen molar-refractivity contribution in [2.45, 2.75) is 6.92 Å². The lowest BCUT2D eigenvalue weighted by Gasteiger charge is -2.08. The van der Waals surface area contributed by atoms with Crippen LogP contribution in [0.3, 0.4) is 0 Å². The summed E-state index contributed by atoms with van der Waals surface area (Å²) in [7, 11) is 0. The Balaban J connectivity index is 2.83. The van der Waals surface area contributed by atoms with Gasteiger partial charge in [-0.2, -0.15) is 0 Å². The Morgan fingerprint density at radius 1 is 1.50 bits per heavy atom. The number of carbonyl (C=O) groups is 1. The van der Waals surface area contributed by atoms with E-state index in [4.69, 9.17) is 9.84 Å². The molecule has 3 nitrogen and oxygen atoms in total. The number of hydrogen-bond acceptors (Lipinski definition) is 2. The summed E-state index contributed by atoms with van der Waals surface area (Å²) in [6.07, 6.45) is 2.60. The molecule has 0 aliphatic heterocycles. The zero-order valence-corrected chi connectivity index (χ0v) is 9.14. The van der Waals surface area contributed by atoms with E-state index in [9.17, 15) is 4.79 Å². The van der Waals surface area contributed by atoms with Gasteiger partial charge in [0.2, 0.25) is 0 Å². The molecule has 0 amide bonds. The molecule has 0 radical (unpaired) electrons. The van der Waals surface area contributed by atoms with Crippen molar-refractivity contribution in [2.24, 2.45) is 0 Å². The molecule has 0 aliphatic carbocycles. The van der Waals surface area contributed by atoms with Gasteiger partial charge in [-0.1, -0.05) is 24.8 Å². The number of aliphatic carboxylic acids is 1. The quantitative estimate of drug-likeness (QED) is 0.610. The van der Waals surface area contributed by atoms with Crippen LogP contribution in [0.5, 0.6) is 5.75 Å². The standard InChI is InChI=1S/C13H14O3/c1-10(2)9-16-12-6-4-3-5-11(12)7-8-13(14)15/h3-8H,1,9H2,2H3,(H,14,15)/b8-7+. The molecule has 0 bridgehead atoms. The smallest absolute Gasteiger partial charge is 0.328 e. The molecule has 0 atom stereocenters. The summed E-state index contributed by atoms with van der Waals surface area (Å²) < 4.78 is 5.49. The van der Waals surface area contributed by atoms with Crippen molar-refractivity contribution in [3.8, 4) is 5.75 Å². The lowest BCUT2D eigenvalue weighted by atomic mass is 10.2. The predicted octanol–water partition coefficient (Wildman–Crippen LogP) is 2.74. The molecule has 1 aromatic rings. The average Bonchev–Trinajstić information content (AvgIpc) is 2.24. The lowest BCUT2D eigenvalue weighted by Crippen LogP contribution is -1.99. The summed E-state index contributed by atoms with van der Waals surface area (Å²) in [5, 5.41) is 8.54. The van der Waals surface area contributed by atoms with Crippen LogP contribution >= 0.6 is 0 Å². The van der Waals surface area contributed by atoms with Crippen molar-refractivity contribution in [1.82, 2.24) is 0 Å². The zero-order chi connectivity index (χ0) is 12.0. The molecule has 0 fully saturated rings. The molecule has 0 heterocycles. The third kappa shape index (κ3) is 4.00. The number of carboxylic acid groups (broad SMARTS) is 1. The van der Waals surface area contributed by atoms with Crippen molar-refractivity contribution < 1.29 is 14.6 Å². The number of ether oxygens (including phenoxy) is 1. The van der Waals surface area contributed by atoms with E-state index >= 15 is 0 Å².